The van der Waals surface area contributed by atoms with Crippen LogP contribution in [0.4, 0.5) is 10.1 Å². The lowest BCUT2D eigenvalue weighted by Crippen LogP contribution is -2.48. The number of hydrogen-bond donors (Lipinski definition) is 1. The highest BCUT2D eigenvalue weighted by atomic mass is 19.1. The van der Waals surface area contributed by atoms with E-state index < -0.39 is 12.1 Å². The number of aromatic nitrogens is 2. The Kier molecular flexibility index (Phi) is 2.04. The molecule has 1 aliphatic heterocycles. The van der Waals surface area contributed by atoms with Gasteiger partial charge in [0.2, 0.25) is 0 Å². The summed E-state index contributed by atoms with van der Waals surface area (Å²) < 4.78 is 14.5. The van der Waals surface area contributed by atoms with Crippen LogP contribution in [-0.2, 0) is 0 Å². The molecule has 0 unspecified atom stereocenters. The van der Waals surface area contributed by atoms with Gasteiger partial charge in [-0.05, 0) is 12.1 Å². The summed E-state index contributed by atoms with van der Waals surface area (Å²) in [5.41, 5.74) is 1.32. The van der Waals surface area contributed by atoms with E-state index in [9.17, 15) is 9.18 Å². The van der Waals surface area contributed by atoms with E-state index in [0.29, 0.717) is 18.7 Å². The molecule has 6 heteroatoms. The molecule has 3 heterocycles. The van der Waals surface area contributed by atoms with Crippen LogP contribution in [0.1, 0.15) is 10.5 Å². The predicted molar refractivity (Wildman–Crippen MR) is 59.3 cm³/mol. The van der Waals surface area contributed by atoms with Crippen LogP contribution in [0.15, 0.2) is 24.5 Å². The zero-order valence-corrected chi connectivity index (χ0v) is 8.88. The molecule has 1 aliphatic rings. The largest absolute Gasteiger partial charge is 0.476 e. The van der Waals surface area contributed by atoms with E-state index in [1.807, 2.05) is 11.0 Å². The quantitative estimate of drug-likeness (QED) is 0.849. The summed E-state index contributed by atoms with van der Waals surface area (Å²) in [6.07, 6.45) is 2.38. The van der Waals surface area contributed by atoms with E-state index in [1.165, 1.54) is 6.20 Å². The molecule has 0 aliphatic carbocycles. The molecule has 2 aromatic heterocycles. The Morgan fingerprint density at radius 1 is 1.53 bits per heavy atom. The number of halogens is 1. The highest BCUT2D eigenvalue weighted by Crippen LogP contribution is 2.26. The van der Waals surface area contributed by atoms with E-state index in [4.69, 9.17) is 5.11 Å². The van der Waals surface area contributed by atoms with Crippen molar-refractivity contribution < 1.29 is 14.3 Å². The van der Waals surface area contributed by atoms with Crippen molar-refractivity contribution in [3.05, 3.63) is 30.2 Å². The second-order valence-electron chi connectivity index (χ2n) is 4.06. The zero-order chi connectivity index (χ0) is 12.0. The average molecular weight is 235 g/mol. The normalized spacial score (nSPS) is 16.2. The topological polar surface area (TPSA) is 57.8 Å². The Labute approximate surface area is 96.1 Å². The van der Waals surface area contributed by atoms with Crippen LogP contribution >= 0.6 is 0 Å². The Balaban J connectivity index is 2.09. The summed E-state index contributed by atoms with van der Waals surface area (Å²) in [7, 11) is 0. The molecule has 17 heavy (non-hydrogen) atoms. The molecule has 1 fully saturated rings. The van der Waals surface area contributed by atoms with Crippen molar-refractivity contribution in [2.45, 2.75) is 6.17 Å². The van der Waals surface area contributed by atoms with E-state index in [0.717, 1.165) is 5.69 Å². The monoisotopic (exact) mass is 235 g/mol. The SMILES string of the molecule is O=C(O)c1cn2cccc(N3CC(F)C3)c2n1. The molecule has 1 saturated heterocycles. The molecule has 3 rings (SSSR count). The lowest BCUT2D eigenvalue weighted by Gasteiger charge is -2.36. The van der Waals surface area contributed by atoms with Crippen molar-refractivity contribution in [2.24, 2.45) is 0 Å². The minimum absolute atomic E-state index is 0.00484. The van der Waals surface area contributed by atoms with Crippen molar-refractivity contribution in [1.29, 1.82) is 0 Å². The van der Waals surface area contributed by atoms with Crippen LogP contribution in [0.25, 0.3) is 5.65 Å². The first-order valence-corrected chi connectivity index (χ1v) is 5.25. The smallest absolute Gasteiger partial charge is 0.356 e. The van der Waals surface area contributed by atoms with E-state index in [2.05, 4.69) is 4.98 Å². The number of nitrogens with zero attached hydrogens (tertiary/aromatic N) is 3. The van der Waals surface area contributed by atoms with Crippen LogP contribution in [-0.4, -0.2) is 39.7 Å². The fourth-order valence-electron chi connectivity index (χ4n) is 1.97. The maximum Gasteiger partial charge on any atom is 0.356 e. The number of alkyl halides is 1. The fourth-order valence-corrected chi connectivity index (χ4v) is 1.97. The van der Waals surface area contributed by atoms with Crippen LogP contribution in [0.3, 0.4) is 0 Å². The summed E-state index contributed by atoms with van der Waals surface area (Å²) in [6.45, 7) is 0.684. The number of rotatable bonds is 2. The first-order valence-electron chi connectivity index (χ1n) is 5.25. The fraction of sp³-hybridized carbons (Fsp3) is 0.273. The molecule has 0 radical (unpaired) electrons. The van der Waals surface area contributed by atoms with E-state index in [1.54, 1.807) is 16.7 Å². The Morgan fingerprint density at radius 2 is 2.29 bits per heavy atom. The number of imidazole rings is 1. The van der Waals surface area contributed by atoms with Crippen LogP contribution in [0, 0.1) is 0 Å². The van der Waals surface area contributed by atoms with Gasteiger partial charge in [-0.15, -0.1) is 0 Å². The number of carboxylic acid groups (broad SMARTS) is 1. The lowest BCUT2D eigenvalue weighted by atomic mass is 10.1. The number of anilines is 1. The highest BCUT2D eigenvalue weighted by Gasteiger charge is 2.28. The Morgan fingerprint density at radius 3 is 2.94 bits per heavy atom. The van der Waals surface area contributed by atoms with Crippen molar-refractivity contribution in [3.8, 4) is 0 Å². The number of carboxylic acids is 1. The number of pyridine rings is 1. The van der Waals surface area contributed by atoms with Gasteiger partial charge < -0.3 is 14.4 Å². The molecule has 0 aromatic carbocycles. The Hall–Kier alpha value is -2.11. The molecular formula is C11H10FN3O2. The molecule has 0 saturated carbocycles. The van der Waals surface area contributed by atoms with Crippen molar-refractivity contribution >= 4 is 17.3 Å². The molecule has 88 valence electrons. The van der Waals surface area contributed by atoms with Crippen molar-refractivity contribution in [2.75, 3.05) is 18.0 Å². The maximum atomic E-state index is 12.8. The second kappa shape index (κ2) is 3.44. The molecule has 0 spiro atoms. The molecule has 2 aromatic rings. The molecule has 0 atom stereocenters. The summed E-state index contributed by atoms with van der Waals surface area (Å²) in [5.74, 6) is -1.06. The van der Waals surface area contributed by atoms with E-state index >= 15 is 0 Å². The number of aromatic carboxylic acids is 1. The zero-order valence-electron chi connectivity index (χ0n) is 8.88. The van der Waals surface area contributed by atoms with Crippen LogP contribution < -0.4 is 4.90 Å². The van der Waals surface area contributed by atoms with Gasteiger partial charge in [-0.2, -0.15) is 0 Å². The summed E-state index contributed by atoms with van der Waals surface area (Å²) in [5, 5.41) is 8.88. The highest BCUT2D eigenvalue weighted by molar-refractivity contribution is 5.87. The molecule has 5 nitrogen and oxygen atoms in total. The minimum Gasteiger partial charge on any atom is -0.476 e. The first-order chi connectivity index (χ1) is 8.15. The minimum atomic E-state index is -1.06. The van der Waals surface area contributed by atoms with Gasteiger partial charge in [0.1, 0.15) is 6.17 Å². The predicted octanol–water partition coefficient (Wildman–Crippen LogP) is 1.19. The average Bonchev–Trinajstić information content (AvgIpc) is 2.68. The van der Waals surface area contributed by atoms with Crippen molar-refractivity contribution in [1.82, 2.24) is 9.38 Å². The van der Waals surface area contributed by atoms with Gasteiger partial charge in [-0.25, -0.2) is 14.2 Å². The van der Waals surface area contributed by atoms with Crippen LogP contribution in [0.2, 0.25) is 0 Å². The standard InChI is InChI=1S/C11H10FN3O2/c12-7-4-15(5-7)9-2-1-3-14-6-8(11(16)17)13-10(9)14/h1-3,6-7H,4-5H2,(H,16,17). The Bertz CT molecular complexity index is 589. The molecular weight excluding hydrogens is 225 g/mol. The van der Waals surface area contributed by atoms with Gasteiger partial charge in [0.25, 0.3) is 0 Å². The van der Waals surface area contributed by atoms with Gasteiger partial charge in [0.05, 0.1) is 18.8 Å². The second-order valence-corrected chi connectivity index (χ2v) is 4.06. The number of fused-ring (bicyclic) bond motifs is 1. The molecule has 0 amide bonds. The van der Waals surface area contributed by atoms with Gasteiger partial charge in [-0.1, -0.05) is 0 Å². The summed E-state index contributed by atoms with van der Waals surface area (Å²) in [4.78, 5) is 16.7. The third-order valence-corrected chi connectivity index (χ3v) is 2.86. The van der Waals surface area contributed by atoms with Crippen LogP contribution in [0.5, 0.6) is 0 Å². The first kappa shape index (κ1) is 10.1. The molecule has 0 bridgehead atoms. The van der Waals surface area contributed by atoms with Gasteiger partial charge >= 0.3 is 5.97 Å². The van der Waals surface area contributed by atoms with Gasteiger partial charge in [-0.3, -0.25) is 0 Å². The van der Waals surface area contributed by atoms with E-state index in [-0.39, 0.29) is 5.69 Å². The van der Waals surface area contributed by atoms with Gasteiger partial charge in [0, 0.05) is 12.4 Å². The molecule has 1 N–H and O–H groups in total. The number of carbonyl (C=O) groups is 1. The number of hydrogen-bond acceptors (Lipinski definition) is 3. The summed E-state index contributed by atoms with van der Waals surface area (Å²) >= 11 is 0. The van der Waals surface area contributed by atoms with Crippen molar-refractivity contribution in [3.63, 3.8) is 0 Å². The summed E-state index contributed by atoms with van der Waals surface area (Å²) in [6, 6.07) is 3.61. The lowest BCUT2D eigenvalue weighted by molar-refractivity contribution is 0.0691. The third kappa shape index (κ3) is 1.52. The van der Waals surface area contributed by atoms with Gasteiger partial charge in [0.15, 0.2) is 11.3 Å². The maximum absolute atomic E-state index is 12.8. The third-order valence-electron chi connectivity index (χ3n) is 2.86.